The molecule has 15 heavy (non-hydrogen) atoms. The van der Waals surface area contributed by atoms with Gasteiger partial charge in [0.05, 0.1) is 13.2 Å². The van der Waals surface area contributed by atoms with E-state index in [4.69, 9.17) is 5.21 Å². The zero-order valence-electron chi connectivity index (χ0n) is 8.25. The molecule has 2 unspecified atom stereocenters. The van der Waals surface area contributed by atoms with Crippen LogP contribution in [0.5, 0.6) is 0 Å². The molecule has 5 nitrogen and oxygen atoms in total. The quantitative estimate of drug-likeness (QED) is 0.491. The first kappa shape index (κ1) is 11.6. The minimum atomic E-state index is -1.44. The molecule has 0 heterocycles. The van der Waals surface area contributed by atoms with Crippen molar-refractivity contribution in [2.75, 3.05) is 7.11 Å². The Morgan fingerprint density at radius 3 is 2.47 bits per heavy atom. The van der Waals surface area contributed by atoms with E-state index in [0.29, 0.717) is 5.56 Å². The Balaban J connectivity index is 2.85. The molecule has 1 aromatic carbocycles. The normalized spacial score (nSPS) is 14.3. The number of methoxy groups -OCH3 is 1. The lowest BCUT2D eigenvalue weighted by atomic mass is 10.0. The molecule has 0 aromatic heterocycles. The van der Waals surface area contributed by atoms with Crippen molar-refractivity contribution in [1.82, 2.24) is 5.48 Å². The molecule has 0 spiro atoms. The van der Waals surface area contributed by atoms with Gasteiger partial charge >= 0.3 is 5.97 Å². The lowest BCUT2D eigenvalue weighted by Crippen LogP contribution is -2.36. The summed E-state index contributed by atoms with van der Waals surface area (Å²) in [6.07, 6.45) is -1.44. The minimum absolute atomic E-state index is 0.595. The third kappa shape index (κ3) is 2.76. The van der Waals surface area contributed by atoms with Crippen LogP contribution in [-0.2, 0) is 9.53 Å². The number of esters is 1. The van der Waals surface area contributed by atoms with Crippen molar-refractivity contribution >= 4 is 5.97 Å². The number of aliphatic hydroxyl groups is 1. The van der Waals surface area contributed by atoms with Gasteiger partial charge in [0.2, 0.25) is 0 Å². The molecule has 82 valence electrons. The van der Waals surface area contributed by atoms with Gasteiger partial charge in [0, 0.05) is 0 Å². The predicted octanol–water partition coefficient (Wildman–Crippen LogP) is 0.240. The van der Waals surface area contributed by atoms with Crippen LogP contribution in [0.3, 0.4) is 0 Å². The molecule has 3 N–H and O–H groups in total. The van der Waals surface area contributed by atoms with Crippen LogP contribution in [-0.4, -0.2) is 29.5 Å². The third-order valence-electron chi connectivity index (χ3n) is 2.06. The Bertz CT molecular complexity index is 314. The van der Waals surface area contributed by atoms with Crippen molar-refractivity contribution in [3.8, 4) is 0 Å². The highest BCUT2D eigenvalue weighted by atomic mass is 16.5. The number of aliphatic hydroxyl groups excluding tert-OH is 1. The summed E-state index contributed by atoms with van der Waals surface area (Å²) in [4.78, 5) is 11.1. The standard InChI is InChI=1S/C10H13NO4/c1-15-10(13)9(12)8(11-14)7-5-3-2-4-6-7/h2-6,8-9,11-12,14H,1H3. The van der Waals surface area contributed by atoms with Gasteiger partial charge in [0.15, 0.2) is 6.10 Å². The molecular weight excluding hydrogens is 198 g/mol. The Morgan fingerprint density at radius 2 is 2.00 bits per heavy atom. The van der Waals surface area contributed by atoms with Gasteiger partial charge in [-0.2, -0.15) is 5.48 Å². The maximum atomic E-state index is 11.1. The predicted molar refractivity (Wildman–Crippen MR) is 52.1 cm³/mol. The van der Waals surface area contributed by atoms with E-state index >= 15 is 0 Å². The zero-order chi connectivity index (χ0) is 11.3. The van der Waals surface area contributed by atoms with Gasteiger partial charge in [-0.3, -0.25) is 0 Å². The number of hydrogen-bond donors (Lipinski definition) is 3. The molecule has 0 aliphatic heterocycles. The number of carbonyl (C=O) groups is 1. The molecular formula is C10H13NO4. The minimum Gasteiger partial charge on any atom is -0.467 e. The second-order valence-electron chi connectivity index (χ2n) is 2.99. The second kappa shape index (κ2) is 5.45. The SMILES string of the molecule is COC(=O)C(O)C(NO)c1ccccc1. The van der Waals surface area contributed by atoms with Crippen molar-refractivity contribution in [2.24, 2.45) is 0 Å². The van der Waals surface area contributed by atoms with Crippen LogP contribution in [0.15, 0.2) is 30.3 Å². The summed E-state index contributed by atoms with van der Waals surface area (Å²) in [5.41, 5.74) is 2.48. The molecule has 0 aliphatic carbocycles. The number of hydroxylamine groups is 1. The van der Waals surface area contributed by atoms with Gasteiger partial charge in [-0.25, -0.2) is 4.79 Å². The lowest BCUT2D eigenvalue weighted by molar-refractivity contribution is -0.154. The first-order valence-corrected chi connectivity index (χ1v) is 4.41. The summed E-state index contributed by atoms with van der Waals surface area (Å²) in [6, 6.07) is 7.74. The van der Waals surface area contributed by atoms with Crippen molar-refractivity contribution in [3.05, 3.63) is 35.9 Å². The van der Waals surface area contributed by atoms with Gasteiger partial charge in [-0.15, -0.1) is 0 Å². The van der Waals surface area contributed by atoms with Crippen LogP contribution in [0.1, 0.15) is 11.6 Å². The van der Waals surface area contributed by atoms with E-state index in [1.54, 1.807) is 30.3 Å². The van der Waals surface area contributed by atoms with E-state index in [-0.39, 0.29) is 0 Å². The highest BCUT2D eigenvalue weighted by Gasteiger charge is 2.27. The van der Waals surface area contributed by atoms with E-state index in [2.05, 4.69) is 4.74 Å². The molecule has 0 fully saturated rings. The van der Waals surface area contributed by atoms with Gasteiger partial charge in [0.1, 0.15) is 0 Å². The van der Waals surface area contributed by atoms with Crippen molar-refractivity contribution < 1.29 is 19.8 Å². The number of carbonyl (C=O) groups excluding carboxylic acids is 1. The largest absolute Gasteiger partial charge is 0.467 e. The lowest BCUT2D eigenvalue weighted by Gasteiger charge is -2.19. The van der Waals surface area contributed by atoms with Crippen LogP contribution >= 0.6 is 0 Å². The smallest absolute Gasteiger partial charge is 0.336 e. The van der Waals surface area contributed by atoms with E-state index < -0.39 is 18.1 Å². The van der Waals surface area contributed by atoms with Crippen LogP contribution in [0, 0.1) is 0 Å². The van der Waals surface area contributed by atoms with Crippen LogP contribution < -0.4 is 5.48 Å². The van der Waals surface area contributed by atoms with Crippen LogP contribution in [0.25, 0.3) is 0 Å². The number of hydrogen-bond acceptors (Lipinski definition) is 5. The van der Waals surface area contributed by atoms with E-state index in [1.165, 1.54) is 7.11 Å². The second-order valence-corrected chi connectivity index (χ2v) is 2.99. The first-order chi connectivity index (χ1) is 7.20. The number of ether oxygens (including phenoxy) is 1. The fourth-order valence-electron chi connectivity index (χ4n) is 1.24. The van der Waals surface area contributed by atoms with Crippen molar-refractivity contribution in [1.29, 1.82) is 0 Å². The average molecular weight is 211 g/mol. The highest BCUT2D eigenvalue weighted by Crippen LogP contribution is 2.16. The highest BCUT2D eigenvalue weighted by molar-refractivity contribution is 5.75. The van der Waals surface area contributed by atoms with Crippen molar-refractivity contribution in [2.45, 2.75) is 12.1 Å². The molecule has 5 heteroatoms. The molecule has 0 saturated heterocycles. The van der Waals surface area contributed by atoms with Crippen LogP contribution in [0.2, 0.25) is 0 Å². The monoisotopic (exact) mass is 211 g/mol. The van der Waals surface area contributed by atoms with Gasteiger partial charge in [-0.05, 0) is 5.56 Å². The van der Waals surface area contributed by atoms with Gasteiger partial charge < -0.3 is 15.1 Å². The van der Waals surface area contributed by atoms with Gasteiger partial charge in [0.25, 0.3) is 0 Å². The Morgan fingerprint density at radius 1 is 1.40 bits per heavy atom. The summed E-state index contributed by atoms with van der Waals surface area (Å²) >= 11 is 0. The molecule has 0 saturated carbocycles. The van der Waals surface area contributed by atoms with E-state index in [9.17, 15) is 9.90 Å². The molecule has 2 atom stereocenters. The fraction of sp³-hybridized carbons (Fsp3) is 0.300. The fourth-order valence-corrected chi connectivity index (χ4v) is 1.24. The summed E-state index contributed by atoms with van der Waals surface area (Å²) < 4.78 is 4.38. The number of nitrogens with one attached hydrogen (secondary N) is 1. The Labute approximate surface area is 87.3 Å². The third-order valence-corrected chi connectivity index (χ3v) is 2.06. The summed E-state index contributed by atoms with van der Waals surface area (Å²) in [5.74, 6) is -0.801. The summed E-state index contributed by atoms with van der Waals surface area (Å²) in [6.45, 7) is 0. The van der Waals surface area contributed by atoms with Gasteiger partial charge in [-0.1, -0.05) is 30.3 Å². The molecule has 1 rings (SSSR count). The number of benzene rings is 1. The maximum absolute atomic E-state index is 11.1. The maximum Gasteiger partial charge on any atom is 0.336 e. The molecule has 0 bridgehead atoms. The van der Waals surface area contributed by atoms with E-state index in [0.717, 1.165) is 0 Å². The van der Waals surface area contributed by atoms with E-state index in [1.807, 2.05) is 5.48 Å². The Kier molecular flexibility index (Phi) is 4.23. The number of rotatable bonds is 4. The zero-order valence-corrected chi connectivity index (χ0v) is 8.25. The first-order valence-electron chi connectivity index (χ1n) is 4.41. The topological polar surface area (TPSA) is 78.8 Å². The molecule has 0 aliphatic rings. The molecule has 1 aromatic rings. The average Bonchev–Trinajstić information content (AvgIpc) is 2.30. The molecule has 0 amide bonds. The Hall–Kier alpha value is -1.43. The van der Waals surface area contributed by atoms with Crippen molar-refractivity contribution in [3.63, 3.8) is 0 Å². The summed E-state index contributed by atoms with van der Waals surface area (Å²) in [5, 5.41) is 18.4. The summed E-state index contributed by atoms with van der Waals surface area (Å²) in [7, 11) is 1.17. The van der Waals surface area contributed by atoms with Crippen LogP contribution in [0.4, 0.5) is 0 Å². The molecule has 0 radical (unpaired) electrons.